The number of imidazole rings is 1. The average molecular weight is 291 g/mol. The smallest absolute Gasteiger partial charge is 0.122 e. The van der Waals surface area contributed by atoms with Gasteiger partial charge in [-0.2, -0.15) is 0 Å². The molecule has 0 saturated heterocycles. The molecule has 3 rings (SSSR count). The molecule has 0 spiro atoms. The van der Waals surface area contributed by atoms with E-state index in [9.17, 15) is 0 Å². The Hall–Kier alpha value is -1.27. The normalized spacial score (nSPS) is 15.4. The van der Waals surface area contributed by atoms with Crippen molar-refractivity contribution >= 4 is 11.5 Å². The average Bonchev–Trinajstić information content (AvgIpc) is 3.02. The molecule has 0 radical (unpaired) electrons. The van der Waals surface area contributed by atoms with E-state index < -0.39 is 0 Å². The molecule has 108 valence electrons. The maximum Gasteiger partial charge on any atom is 0.122 e. The molecule has 1 aliphatic carbocycles. The molecule has 0 bridgehead atoms. The molecule has 0 N–H and O–H groups in total. The summed E-state index contributed by atoms with van der Waals surface area (Å²) >= 11 is 1.54. The molecular weight excluding hydrogens is 270 g/mol. The largest absolute Gasteiger partial charge is 0.337 e. The first-order chi connectivity index (χ1) is 9.65. The lowest BCUT2D eigenvalue weighted by Crippen LogP contribution is -2.26. The van der Waals surface area contributed by atoms with Gasteiger partial charge in [0.25, 0.3) is 0 Å². The Morgan fingerprint density at radius 2 is 2.20 bits per heavy atom. The lowest BCUT2D eigenvalue weighted by atomic mass is 10.1. The minimum absolute atomic E-state index is 0.443. The summed E-state index contributed by atoms with van der Waals surface area (Å²) in [4.78, 5) is 8.27. The van der Waals surface area contributed by atoms with Gasteiger partial charge in [-0.15, -0.1) is 5.10 Å². The van der Waals surface area contributed by atoms with Crippen molar-refractivity contribution in [1.82, 2.24) is 24.0 Å². The number of aryl methyl sites for hydroxylation is 1. The summed E-state index contributed by atoms with van der Waals surface area (Å²) in [5, 5.41) is 4.28. The highest BCUT2D eigenvalue weighted by Crippen LogP contribution is 2.31. The zero-order valence-corrected chi connectivity index (χ0v) is 13.1. The molecule has 2 aromatic heterocycles. The van der Waals surface area contributed by atoms with Gasteiger partial charge in [0.2, 0.25) is 0 Å². The van der Waals surface area contributed by atoms with E-state index in [1.165, 1.54) is 29.3 Å². The summed E-state index contributed by atoms with van der Waals surface area (Å²) in [6.07, 6.45) is 6.48. The fourth-order valence-electron chi connectivity index (χ4n) is 2.43. The van der Waals surface area contributed by atoms with E-state index in [2.05, 4.69) is 44.9 Å². The fraction of sp³-hybridized carbons (Fsp3) is 0.643. The summed E-state index contributed by atoms with van der Waals surface area (Å²) in [5.74, 6) is 1.57. The van der Waals surface area contributed by atoms with Gasteiger partial charge in [0.15, 0.2) is 0 Å². The molecule has 1 aliphatic rings. The molecule has 0 aliphatic heterocycles. The van der Waals surface area contributed by atoms with Crippen molar-refractivity contribution in [1.29, 1.82) is 0 Å². The zero-order chi connectivity index (χ0) is 14.1. The number of hydrogen-bond acceptors (Lipinski definition) is 5. The van der Waals surface area contributed by atoms with Crippen molar-refractivity contribution in [3.63, 3.8) is 0 Å². The van der Waals surface area contributed by atoms with Crippen LogP contribution in [0.4, 0.5) is 0 Å². The van der Waals surface area contributed by atoms with E-state index in [0.717, 1.165) is 24.6 Å². The second kappa shape index (κ2) is 5.61. The summed E-state index contributed by atoms with van der Waals surface area (Å²) in [6, 6.07) is 0.703. The molecule has 2 heterocycles. The molecule has 0 atom stereocenters. The minimum atomic E-state index is 0.443. The van der Waals surface area contributed by atoms with Crippen LogP contribution in [-0.2, 0) is 20.1 Å². The van der Waals surface area contributed by atoms with Gasteiger partial charge in [0, 0.05) is 32.0 Å². The fourth-order valence-corrected chi connectivity index (χ4v) is 3.25. The van der Waals surface area contributed by atoms with Crippen LogP contribution < -0.4 is 0 Å². The molecule has 0 amide bonds. The first kappa shape index (κ1) is 13.7. The quantitative estimate of drug-likeness (QED) is 0.820. The highest BCUT2D eigenvalue weighted by molar-refractivity contribution is 7.05. The van der Waals surface area contributed by atoms with Crippen LogP contribution in [0.3, 0.4) is 0 Å². The van der Waals surface area contributed by atoms with Gasteiger partial charge in [0.1, 0.15) is 5.82 Å². The van der Waals surface area contributed by atoms with Crippen LogP contribution in [0.5, 0.6) is 0 Å². The van der Waals surface area contributed by atoms with Crippen LogP contribution in [0.25, 0.3) is 0 Å². The second-order valence-corrected chi connectivity index (χ2v) is 6.67. The second-order valence-electron chi connectivity index (χ2n) is 5.83. The molecule has 6 heteroatoms. The van der Waals surface area contributed by atoms with Crippen LogP contribution in [0.2, 0.25) is 0 Å². The molecule has 1 fully saturated rings. The molecule has 1 saturated carbocycles. The third-order valence-electron chi connectivity index (χ3n) is 3.81. The number of aromatic nitrogens is 4. The topological polar surface area (TPSA) is 46.8 Å². The van der Waals surface area contributed by atoms with Crippen molar-refractivity contribution in [2.75, 3.05) is 0 Å². The van der Waals surface area contributed by atoms with Crippen LogP contribution in [-0.4, -0.2) is 30.1 Å². The molecule has 5 nitrogen and oxygen atoms in total. The van der Waals surface area contributed by atoms with E-state index in [-0.39, 0.29) is 0 Å². The third-order valence-corrected chi connectivity index (χ3v) is 4.53. The molecule has 20 heavy (non-hydrogen) atoms. The third kappa shape index (κ3) is 2.91. The Bertz CT molecular complexity index is 570. The maximum atomic E-state index is 4.45. The Morgan fingerprint density at radius 1 is 1.40 bits per heavy atom. The van der Waals surface area contributed by atoms with Crippen LogP contribution in [0, 0.1) is 0 Å². The lowest BCUT2D eigenvalue weighted by Gasteiger charge is -2.21. The van der Waals surface area contributed by atoms with Crippen LogP contribution in [0.1, 0.15) is 49.0 Å². The monoisotopic (exact) mass is 291 g/mol. The van der Waals surface area contributed by atoms with Crippen LogP contribution in [0.15, 0.2) is 12.4 Å². The van der Waals surface area contributed by atoms with Gasteiger partial charge in [0.05, 0.1) is 17.1 Å². The van der Waals surface area contributed by atoms with Gasteiger partial charge in [-0.05, 0) is 30.3 Å². The predicted molar refractivity (Wildman–Crippen MR) is 79.5 cm³/mol. The summed E-state index contributed by atoms with van der Waals surface area (Å²) in [7, 11) is 2.06. The predicted octanol–water partition coefficient (Wildman–Crippen LogP) is 2.56. The molecular formula is C14H21N5S. The summed E-state index contributed by atoms with van der Waals surface area (Å²) in [6.45, 7) is 6.22. The van der Waals surface area contributed by atoms with Crippen molar-refractivity contribution in [3.05, 3.63) is 28.8 Å². The van der Waals surface area contributed by atoms with Gasteiger partial charge in [-0.1, -0.05) is 18.3 Å². The SMILES string of the molecule is CC(C)c1nnsc1CN(Cc1nccn1C)C1CC1. The lowest BCUT2D eigenvalue weighted by molar-refractivity contribution is 0.238. The zero-order valence-electron chi connectivity index (χ0n) is 12.3. The van der Waals surface area contributed by atoms with Crippen molar-refractivity contribution in [2.45, 2.75) is 51.7 Å². The molecule has 2 aromatic rings. The van der Waals surface area contributed by atoms with E-state index in [4.69, 9.17) is 0 Å². The number of rotatable bonds is 6. The Morgan fingerprint density at radius 3 is 2.80 bits per heavy atom. The Kier molecular flexibility index (Phi) is 3.85. The van der Waals surface area contributed by atoms with Crippen molar-refractivity contribution < 1.29 is 0 Å². The standard InChI is InChI=1S/C14H21N5S/c1-10(2)14-12(20-17-16-14)8-19(11-4-5-11)9-13-15-6-7-18(13)3/h6-7,10-11H,4-5,8-9H2,1-3H3. The van der Waals surface area contributed by atoms with Crippen molar-refractivity contribution in [3.8, 4) is 0 Å². The van der Waals surface area contributed by atoms with Crippen molar-refractivity contribution in [2.24, 2.45) is 7.05 Å². The Labute approximate surface area is 123 Å². The highest BCUT2D eigenvalue weighted by atomic mass is 32.1. The molecule has 0 aromatic carbocycles. The summed E-state index contributed by atoms with van der Waals surface area (Å²) < 4.78 is 6.24. The first-order valence-electron chi connectivity index (χ1n) is 7.16. The van der Waals surface area contributed by atoms with Gasteiger partial charge >= 0.3 is 0 Å². The van der Waals surface area contributed by atoms with E-state index in [1.807, 2.05) is 12.4 Å². The number of hydrogen-bond donors (Lipinski definition) is 0. The molecule has 0 unspecified atom stereocenters. The van der Waals surface area contributed by atoms with Gasteiger partial charge < -0.3 is 4.57 Å². The highest BCUT2D eigenvalue weighted by Gasteiger charge is 2.31. The van der Waals surface area contributed by atoms with E-state index in [1.54, 1.807) is 0 Å². The first-order valence-corrected chi connectivity index (χ1v) is 7.94. The minimum Gasteiger partial charge on any atom is -0.337 e. The van der Waals surface area contributed by atoms with Gasteiger partial charge in [-0.3, -0.25) is 4.90 Å². The van der Waals surface area contributed by atoms with E-state index in [0.29, 0.717) is 12.0 Å². The Balaban J connectivity index is 1.75. The van der Waals surface area contributed by atoms with E-state index >= 15 is 0 Å². The maximum absolute atomic E-state index is 4.45. The van der Waals surface area contributed by atoms with Gasteiger partial charge in [-0.25, -0.2) is 4.98 Å². The summed E-state index contributed by atoms with van der Waals surface area (Å²) in [5.41, 5.74) is 1.15. The number of nitrogens with zero attached hydrogens (tertiary/aromatic N) is 5. The van der Waals surface area contributed by atoms with Crippen LogP contribution >= 0.6 is 11.5 Å².